The molecule has 5 nitrogen and oxygen atoms in total. The number of carbonyl (C=O) groups excluding carboxylic acids is 2. The monoisotopic (exact) mass is 447 g/mol. The van der Waals surface area contributed by atoms with E-state index in [4.69, 9.17) is 11.6 Å². The SMILES string of the molecule is CCCCN1C(=O)c2ccccc2[C@@H](C(=O)NCc2cccnc2)[C@@H]1c1cccc(Cl)c1. The van der Waals surface area contributed by atoms with Crippen LogP contribution in [0, 0.1) is 0 Å². The van der Waals surface area contributed by atoms with E-state index in [-0.39, 0.29) is 11.8 Å². The minimum absolute atomic E-state index is 0.0460. The zero-order valence-electron chi connectivity index (χ0n) is 18.0. The van der Waals surface area contributed by atoms with Crippen LogP contribution in [0.1, 0.15) is 58.8 Å². The molecule has 1 aliphatic rings. The number of fused-ring (bicyclic) bond motifs is 1. The predicted molar refractivity (Wildman–Crippen MR) is 125 cm³/mol. The lowest BCUT2D eigenvalue weighted by atomic mass is 9.79. The summed E-state index contributed by atoms with van der Waals surface area (Å²) in [6.45, 7) is 3.04. The molecule has 0 aliphatic carbocycles. The quantitative estimate of drug-likeness (QED) is 0.546. The zero-order valence-corrected chi connectivity index (χ0v) is 18.8. The van der Waals surface area contributed by atoms with Gasteiger partial charge in [0.25, 0.3) is 5.91 Å². The summed E-state index contributed by atoms with van der Waals surface area (Å²) in [6, 6.07) is 18.2. The van der Waals surface area contributed by atoms with Crippen LogP contribution in [0.2, 0.25) is 5.02 Å². The molecule has 3 aromatic rings. The van der Waals surface area contributed by atoms with Gasteiger partial charge in [0.05, 0.1) is 12.0 Å². The second-order valence-corrected chi connectivity index (χ2v) is 8.43. The van der Waals surface area contributed by atoms with Gasteiger partial charge < -0.3 is 10.2 Å². The van der Waals surface area contributed by atoms with E-state index >= 15 is 0 Å². The average Bonchev–Trinajstić information content (AvgIpc) is 2.82. The molecule has 1 N–H and O–H groups in total. The van der Waals surface area contributed by atoms with Gasteiger partial charge in [0.1, 0.15) is 0 Å². The van der Waals surface area contributed by atoms with Crippen LogP contribution in [0.15, 0.2) is 73.1 Å². The number of halogens is 1. The van der Waals surface area contributed by atoms with E-state index in [1.54, 1.807) is 18.5 Å². The molecule has 164 valence electrons. The van der Waals surface area contributed by atoms with Gasteiger partial charge in [-0.15, -0.1) is 0 Å². The highest BCUT2D eigenvalue weighted by Crippen LogP contribution is 2.43. The highest BCUT2D eigenvalue weighted by molar-refractivity contribution is 6.30. The maximum absolute atomic E-state index is 13.6. The van der Waals surface area contributed by atoms with Gasteiger partial charge in [-0.05, 0) is 47.4 Å². The summed E-state index contributed by atoms with van der Waals surface area (Å²) in [5.41, 5.74) is 3.11. The number of carbonyl (C=O) groups is 2. The van der Waals surface area contributed by atoms with Gasteiger partial charge in [-0.1, -0.05) is 61.3 Å². The summed E-state index contributed by atoms with van der Waals surface area (Å²) in [4.78, 5) is 33.1. The fourth-order valence-electron chi connectivity index (χ4n) is 4.31. The topological polar surface area (TPSA) is 62.3 Å². The van der Waals surface area contributed by atoms with Gasteiger partial charge in [0, 0.05) is 36.1 Å². The lowest BCUT2D eigenvalue weighted by Gasteiger charge is -2.42. The lowest BCUT2D eigenvalue weighted by molar-refractivity contribution is -0.124. The van der Waals surface area contributed by atoms with Gasteiger partial charge >= 0.3 is 0 Å². The molecule has 1 aliphatic heterocycles. The molecule has 0 spiro atoms. The van der Waals surface area contributed by atoms with E-state index in [1.165, 1.54) is 0 Å². The van der Waals surface area contributed by atoms with Crippen LogP contribution < -0.4 is 5.32 Å². The van der Waals surface area contributed by atoms with Crippen LogP contribution >= 0.6 is 11.6 Å². The Bertz CT molecular complexity index is 1100. The highest BCUT2D eigenvalue weighted by Gasteiger charge is 2.43. The van der Waals surface area contributed by atoms with E-state index in [9.17, 15) is 9.59 Å². The molecule has 2 heterocycles. The first kappa shape index (κ1) is 22.0. The largest absolute Gasteiger partial charge is 0.351 e. The summed E-state index contributed by atoms with van der Waals surface area (Å²) in [6.07, 6.45) is 5.25. The molecule has 0 bridgehead atoms. The molecule has 0 fully saturated rings. The number of nitrogens with zero attached hydrogens (tertiary/aromatic N) is 2. The third-order valence-corrected chi connectivity index (χ3v) is 6.09. The van der Waals surface area contributed by atoms with Crippen LogP contribution in [0.3, 0.4) is 0 Å². The molecule has 4 rings (SSSR count). The Morgan fingerprint density at radius 3 is 2.72 bits per heavy atom. The number of pyridine rings is 1. The number of amides is 2. The number of aromatic nitrogens is 1. The molecular formula is C26H26ClN3O2. The maximum atomic E-state index is 13.6. The molecule has 0 radical (unpaired) electrons. The Labute approximate surface area is 193 Å². The van der Waals surface area contributed by atoms with Gasteiger partial charge in [0.15, 0.2) is 0 Å². The van der Waals surface area contributed by atoms with Crippen molar-refractivity contribution in [1.82, 2.24) is 15.2 Å². The molecule has 0 unspecified atom stereocenters. The van der Waals surface area contributed by atoms with Crippen molar-refractivity contribution in [1.29, 1.82) is 0 Å². The highest BCUT2D eigenvalue weighted by atomic mass is 35.5. The number of unbranched alkanes of at least 4 members (excludes halogenated alkanes) is 1. The number of rotatable bonds is 7. The van der Waals surface area contributed by atoms with E-state index in [1.807, 2.05) is 59.5 Å². The molecule has 2 aromatic carbocycles. The molecule has 2 atom stereocenters. The first-order valence-corrected chi connectivity index (χ1v) is 11.3. The van der Waals surface area contributed by atoms with Gasteiger partial charge in [-0.3, -0.25) is 14.6 Å². The van der Waals surface area contributed by atoms with Crippen molar-refractivity contribution < 1.29 is 9.59 Å². The minimum Gasteiger partial charge on any atom is -0.351 e. The molecule has 1 aromatic heterocycles. The van der Waals surface area contributed by atoms with Crippen LogP contribution in [0.25, 0.3) is 0 Å². The fourth-order valence-corrected chi connectivity index (χ4v) is 4.51. The number of hydrogen-bond donors (Lipinski definition) is 1. The standard InChI is InChI=1S/C26H26ClN3O2/c1-2-3-14-30-24(19-9-6-10-20(27)15-19)23(21-11-4-5-12-22(21)26(30)32)25(31)29-17-18-8-7-13-28-16-18/h4-13,15-16,23-24H,2-3,14,17H2,1H3,(H,29,31)/t23-,24+/m1/s1. The van der Waals surface area contributed by atoms with Gasteiger partial charge in [0.2, 0.25) is 5.91 Å². The maximum Gasteiger partial charge on any atom is 0.254 e. The van der Waals surface area contributed by atoms with Gasteiger partial charge in [-0.25, -0.2) is 0 Å². The molecule has 6 heteroatoms. The normalized spacial score (nSPS) is 17.7. The summed E-state index contributed by atoms with van der Waals surface area (Å²) >= 11 is 6.31. The second kappa shape index (κ2) is 9.96. The third-order valence-electron chi connectivity index (χ3n) is 5.85. The molecule has 32 heavy (non-hydrogen) atoms. The van der Waals surface area contributed by atoms with Crippen molar-refractivity contribution in [2.45, 2.75) is 38.3 Å². The Kier molecular flexibility index (Phi) is 6.86. The minimum atomic E-state index is -0.545. The third kappa shape index (κ3) is 4.53. The number of nitrogens with one attached hydrogen (secondary N) is 1. The van der Waals surface area contributed by atoms with E-state index < -0.39 is 12.0 Å². The first-order chi connectivity index (χ1) is 15.6. The smallest absolute Gasteiger partial charge is 0.254 e. The predicted octanol–water partition coefficient (Wildman–Crippen LogP) is 5.13. The second-order valence-electron chi connectivity index (χ2n) is 8.00. The molecule has 0 saturated carbocycles. The molecule has 0 saturated heterocycles. The van der Waals surface area contributed by atoms with E-state index in [2.05, 4.69) is 17.2 Å². The van der Waals surface area contributed by atoms with E-state index in [0.717, 1.165) is 29.5 Å². The van der Waals surface area contributed by atoms with Crippen molar-refractivity contribution in [2.75, 3.05) is 6.54 Å². The van der Waals surface area contributed by atoms with Crippen molar-refractivity contribution in [3.8, 4) is 0 Å². The lowest BCUT2D eigenvalue weighted by Crippen LogP contribution is -2.47. The zero-order chi connectivity index (χ0) is 22.5. The van der Waals surface area contributed by atoms with Crippen LogP contribution in [0.4, 0.5) is 0 Å². The summed E-state index contributed by atoms with van der Waals surface area (Å²) < 4.78 is 0. The Morgan fingerprint density at radius 2 is 1.97 bits per heavy atom. The average molecular weight is 448 g/mol. The summed E-state index contributed by atoms with van der Waals surface area (Å²) in [5.74, 6) is -0.716. The number of benzene rings is 2. The van der Waals surface area contributed by atoms with Crippen LogP contribution in [-0.4, -0.2) is 28.2 Å². The van der Waals surface area contributed by atoms with Crippen molar-refractivity contribution >= 4 is 23.4 Å². The Hall–Kier alpha value is -3.18. The number of hydrogen-bond acceptors (Lipinski definition) is 3. The van der Waals surface area contributed by atoms with Crippen LogP contribution in [-0.2, 0) is 11.3 Å². The molecular weight excluding hydrogens is 422 g/mol. The Morgan fingerprint density at radius 1 is 1.12 bits per heavy atom. The van der Waals surface area contributed by atoms with E-state index in [0.29, 0.717) is 23.7 Å². The van der Waals surface area contributed by atoms with Crippen LogP contribution in [0.5, 0.6) is 0 Å². The summed E-state index contributed by atoms with van der Waals surface area (Å²) in [5, 5.41) is 3.65. The fraction of sp³-hybridized carbons (Fsp3) is 0.269. The summed E-state index contributed by atoms with van der Waals surface area (Å²) in [7, 11) is 0. The van der Waals surface area contributed by atoms with Gasteiger partial charge in [-0.2, -0.15) is 0 Å². The van der Waals surface area contributed by atoms with Crippen molar-refractivity contribution in [3.05, 3.63) is 100 Å². The van der Waals surface area contributed by atoms with Crippen molar-refractivity contribution in [2.24, 2.45) is 0 Å². The molecule has 2 amide bonds. The first-order valence-electron chi connectivity index (χ1n) is 10.9. The van der Waals surface area contributed by atoms with Crippen molar-refractivity contribution in [3.63, 3.8) is 0 Å². The Balaban J connectivity index is 1.77.